The van der Waals surface area contributed by atoms with E-state index in [1.807, 2.05) is 0 Å². The minimum Gasteiger partial charge on any atom is -0.313 e. The lowest BCUT2D eigenvalue weighted by molar-refractivity contribution is 0.363. The fourth-order valence-electron chi connectivity index (χ4n) is 2.15. The molecular weight excluding hydrogens is 190 g/mol. The van der Waals surface area contributed by atoms with Crippen LogP contribution in [0.2, 0.25) is 0 Å². The first-order valence-electron chi connectivity index (χ1n) is 6.01. The summed E-state index contributed by atoms with van der Waals surface area (Å²) in [6.07, 6.45) is 10.7. The topological polar surface area (TPSA) is 12.0 Å². The Balaban J connectivity index is 2.36. The molecule has 0 radical (unpaired) electrons. The molecule has 2 heteroatoms. The maximum absolute atomic E-state index is 3.67. The average molecular weight is 215 g/mol. The van der Waals surface area contributed by atoms with Gasteiger partial charge in [-0.3, -0.25) is 0 Å². The van der Waals surface area contributed by atoms with Crippen LogP contribution in [-0.4, -0.2) is 23.6 Å². The monoisotopic (exact) mass is 215 g/mol. The Morgan fingerprint density at radius 2 is 1.93 bits per heavy atom. The third-order valence-corrected chi connectivity index (χ3v) is 5.00. The maximum atomic E-state index is 3.67. The summed E-state index contributed by atoms with van der Waals surface area (Å²) in [5.74, 6) is 0. The van der Waals surface area contributed by atoms with Crippen molar-refractivity contribution in [2.75, 3.05) is 12.8 Å². The molecule has 1 aliphatic carbocycles. The summed E-state index contributed by atoms with van der Waals surface area (Å²) in [7, 11) is 0. The predicted molar refractivity (Wildman–Crippen MR) is 67.1 cm³/mol. The van der Waals surface area contributed by atoms with Crippen LogP contribution in [0.4, 0.5) is 0 Å². The molecule has 1 rings (SSSR count). The molecule has 1 N–H and O–H groups in total. The van der Waals surface area contributed by atoms with Gasteiger partial charge in [0.1, 0.15) is 0 Å². The van der Waals surface area contributed by atoms with Gasteiger partial charge in [0.25, 0.3) is 0 Å². The van der Waals surface area contributed by atoms with Crippen molar-refractivity contribution in [2.24, 2.45) is 0 Å². The van der Waals surface area contributed by atoms with Crippen LogP contribution in [0.15, 0.2) is 0 Å². The normalized spacial score (nSPS) is 23.4. The molecule has 1 nitrogen and oxygen atoms in total. The number of nitrogens with one attached hydrogen (secondary N) is 1. The van der Waals surface area contributed by atoms with Crippen molar-refractivity contribution in [3.05, 3.63) is 0 Å². The maximum Gasteiger partial charge on any atom is 0.0281 e. The van der Waals surface area contributed by atoms with Crippen LogP contribution in [0.1, 0.15) is 52.4 Å². The average Bonchev–Trinajstić information content (AvgIpc) is 2.27. The molecule has 0 aromatic rings. The van der Waals surface area contributed by atoms with Crippen molar-refractivity contribution >= 4 is 11.8 Å². The van der Waals surface area contributed by atoms with E-state index in [2.05, 4.69) is 37.2 Å². The quantitative estimate of drug-likeness (QED) is 0.754. The number of hydrogen-bond acceptors (Lipinski definition) is 2. The highest BCUT2D eigenvalue weighted by Gasteiger charge is 2.30. The first-order valence-corrected chi connectivity index (χ1v) is 7.23. The first-order chi connectivity index (χ1) is 6.72. The van der Waals surface area contributed by atoms with Gasteiger partial charge in [-0.1, -0.05) is 26.2 Å². The van der Waals surface area contributed by atoms with Crippen LogP contribution in [0.3, 0.4) is 0 Å². The first kappa shape index (κ1) is 12.4. The number of thioether (sulfide) groups is 1. The number of hydrogen-bond donors (Lipinski definition) is 1. The largest absolute Gasteiger partial charge is 0.313 e. The highest BCUT2D eigenvalue weighted by molar-refractivity contribution is 8.00. The fourth-order valence-corrected chi connectivity index (χ4v) is 3.08. The fraction of sp³-hybridized carbons (Fsp3) is 1.00. The minimum atomic E-state index is 0.557. The van der Waals surface area contributed by atoms with Crippen molar-refractivity contribution in [2.45, 2.75) is 63.2 Å². The zero-order chi connectivity index (χ0) is 10.4. The van der Waals surface area contributed by atoms with E-state index in [0.717, 1.165) is 0 Å². The molecule has 1 aliphatic rings. The second-order valence-electron chi connectivity index (χ2n) is 4.64. The molecule has 1 unspecified atom stereocenters. The van der Waals surface area contributed by atoms with Gasteiger partial charge in [-0.25, -0.2) is 0 Å². The Kier molecular flexibility index (Phi) is 5.32. The highest BCUT2D eigenvalue weighted by atomic mass is 32.2. The zero-order valence-electron chi connectivity index (χ0n) is 9.94. The van der Waals surface area contributed by atoms with Gasteiger partial charge in [-0.2, -0.15) is 11.8 Å². The van der Waals surface area contributed by atoms with Gasteiger partial charge in [0.05, 0.1) is 0 Å². The Morgan fingerprint density at radius 1 is 1.29 bits per heavy atom. The van der Waals surface area contributed by atoms with Crippen LogP contribution >= 0.6 is 11.8 Å². The van der Waals surface area contributed by atoms with E-state index in [1.165, 1.54) is 45.1 Å². The molecule has 0 bridgehead atoms. The second-order valence-corrected chi connectivity index (χ2v) is 5.91. The summed E-state index contributed by atoms with van der Waals surface area (Å²) >= 11 is 2.08. The van der Waals surface area contributed by atoms with Crippen LogP contribution in [0.5, 0.6) is 0 Å². The van der Waals surface area contributed by atoms with Crippen LogP contribution in [0.25, 0.3) is 0 Å². The molecule has 14 heavy (non-hydrogen) atoms. The van der Waals surface area contributed by atoms with Crippen LogP contribution in [-0.2, 0) is 0 Å². The summed E-state index contributed by atoms with van der Waals surface area (Å²) in [4.78, 5) is 0. The molecule has 1 fully saturated rings. The van der Waals surface area contributed by atoms with E-state index in [-0.39, 0.29) is 0 Å². The molecule has 84 valence electrons. The highest BCUT2D eigenvalue weighted by Crippen LogP contribution is 2.37. The SMILES string of the molecule is CCC(C)NCC1(SC)CCCCC1. The van der Waals surface area contributed by atoms with E-state index in [4.69, 9.17) is 0 Å². The Hall–Kier alpha value is 0.310. The van der Waals surface area contributed by atoms with E-state index in [0.29, 0.717) is 10.8 Å². The lowest BCUT2D eigenvalue weighted by Gasteiger charge is -2.36. The molecule has 0 aromatic heterocycles. The molecule has 0 heterocycles. The van der Waals surface area contributed by atoms with Gasteiger partial charge < -0.3 is 5.32 Å². The smallest absolute Gasteiger partial charge is 0.0281 e. The summed E-state index contributed by atoms with van der Waals surface area (Å²) in [6.45, 7) is 5.75. The third-order valence-electron chi connectivity index (χ3n) is 3.58. The van der Waals surface area contributed by atoms with Gasteiger partial charge in [0, 0.05) is 17.3 Å². The predicted octanol–water partition coefficient (Wildman–Crippen LogP) is 3.44. The molecular formula is C12H25NS. The van der Waals surface area contributed by atoms with E-state index in [9.17, 15) is 0 Å². The van der Waals surface area contributed by atoms with Crippen LogP contribution < -0.4 is 5.32 Å². The summed E-state index contributed by atoms with van der Waals surface area (Å²) < 4.78 is 0.557. The molecule has 1 atom stereocenters. The molecule has 1 saturated carbocycles. The molecule has 0 aromatic carbocycles. The van der Waals surface area contributed by atoms with Gasteiger partial charge in [0.2, 0.25) is 0 Å². The van der Waals surface area contributed by atoms with Crippen molar-refractivity contribution in [3.8, 4) is 0 Å². The van der Waals surface area contributed by atoms with E-state index >= 15 is 0 Å². The molecule has 0 spiro atoms. The van der Waals surface area contributed by atoms with Crippen molar-refractivity contribution in [1.82, 2.24) is 5.32 Å². The van der Waals surface area contributed by atoms with Crippen LogP contribution in [0, 0.1) is 0 Å². The summed E-state index contributed by atoms with van der Waals surface area (Å²) in [5, 5.41) is 3.67. The van der Waals surface area contributed by atoms with E-state index in [1.54, 1.807) is 0 Å². The van der Waals surface area contributed by atoms with Gasteiger partial charge in [-0.15, -0.1) is 0 Å². The molecule has 0 amide bonds. The summed E-state index contributed by atoms with van der Waals surface area (Å²) in [6, 6.07) is 0.681. The standard InChI is InChI=1S/C12H25NS/c1-4-11(2)13-10-12(14-3)8-6-5-7-9-12/h11,13H,4-10H2,1-3H3. The Bertz CT molecular complexity index is 152. The zero-order valence-corrected chi connectivity index (χ0v) is 10.8. The molecule has 0 aliphatic heterocycles. The number of rotatable bonds is 5. The van der Waals surface area contributed by atoms with Gasteiger partial charge >= 0.3 is 0 Å². The lowest BCUT2D eigenvalue weighted by Crippen LogP contribution is -2.42. The second kappa shape index (κ2) is 6.02. The van der Waals surface area contributed by atoms with Crippen molar-refractivity contribution < 1.29 is 0 Å². The van der Waals surface area contributed by atoms with Crippen molar-refractivity contribution in [3.63, 3.8) is 0 Å². The Labute approximate surface area is 93.4 Å². The third kappa shape index (κ3) is 3.47. The van der Waals surface area contributed by atoms with Gasteiger partial charge in [-0.05, 0) is 32.4 Å². The molecule has 0 saturated heterocycles. The Morgan fingerprint density at radius 3 is 2.43 bits per heavy atom. The van der Waals surface area contributed by atoms with Crippen molar-refractivity contribution in [1.29, 1.82) is 0 Å². The summed E-state index contributed by atoms with van der Waals surface area (Å²) in [5.41, 5.74) is 0. The van der Waals surface area contributed by atoms with E-state index < -0.39 is 0 Å². The van der Waals surface area contributed by atoms with Gasteiger partial charge in [0.15, 0.2) is 0 Å². The minimum absolute atomic E-state index is 0.557. The lowest BCUT2D eigenvalue weighted by atomic mass is 9.88.